The summed E-state index contributed by atoms with van der Waals surface area (Å²) in [4.78, 5) is 26.6. The van der Waals surface area contributed by atoms with Gasteiger partial charge in [0, 0.05) is 6.20 Å². The van der Waals surface area contributed by atoms with Crippen LogP contribution >= 0.6 is 0 Å². The fraction of sp³-hybridized carbons (Fsp3) is 0.133. The van der Waals surface area contributed by atoms with Crippen LogP contribution in [-0.4, -0.2) is 22.0 Å². The van der Waals surface area contributed by atoms with Gasteiger partial charge >= 0.3 is 5.97 Å². The van der Waals surface area contributed by atoms with E-state index in [0.717, 1.165) is 11.1 Å². The Morgan fingerprint density at radius 1 is 1.20 bits per heavy atom. The molecule has 2 aromatic rings. The van der Waals surface area contributed by atoms with Crippen LogP contribution in [0.25, 0.3) is 0 Å². The standard InChI is InChI=1S/C15H14N2O3/c1-10-2-4-11(5-3-10)8-14(18)17-13-9-12(15(19)20)6-7-16-13/h2-7,9H,8H2,1H3,(H,19,20)(H,16,17,18). The van der Waals surface area contributed by atoms with E-state index in [1.807, 2.05) is 31.2 Å². The van der Waals surface area contributed by atoms with Crippen molar-refractivity contribution < 1.29 is 14.7 Å². The van der Waals surface area contributed by atoms with Crippen molar-refractivity contribution in [1.82, 2.24) is 4.98 Å². The summed E-state index contributed by atoms with van der Waals surface area (Å²) >= 11 is 0. The first-order chi connectivity index (χ1) is 9.54. The van der Waals surface area contributed by atoms with E-state index >= 15 is 0 Å². The second-order valence-corrected chi connectivity index (χ2v) is 4.45. The van der Waals surface area contributed by atoms with E-state index in [9.17, 15) is 9.59 Å². The van der Waals surface area contributed by atoms with Crippen molar-refractivity contribution in [2.24, 2.45) is 0 Å². The van der Waals surface area contributed by atoms with Gasteiger partial charge < -0.3 is 10.4 Å². The van der Waals surface area contributed by atoms with Crippen molar-refractivity contribution in [2.75, 3.05) is 5.32 Å². The van der Waals surface area contributed by atoms with Crippen LogP contribution in [0.5, 0.6) is 0 Å². The number of carbonyl (C=O) groups excluding carboxylic acids is 1. The van der Waals surface area contributed by atoms with Gasteiger partial charge in [-0.3, -0.25) is 4.79 Å². The smallest absolute Gasteiger partial charge is 0.335 e. The molecule has 1 heterocycles. The Labute approximate surface area is 116 Å². The highest BCUT2D eigenvalue weighted by Crippen LogP contribution is 2.09. The number of nitrogens with zero attached hydrogens (tertiary/aromatic N) is 1. The Morgan fingerprint density at radius 2 is 1.90 bits per heavy atom. The number of carbonyl (C=O) groups is 2. The first kappa shape index (κ1) is 13.7. The lowest BCUT2D eigenvalue weighted by Gasteiger charge is -2.05. The molecule has 0 radical (unpaired) electrons. The van der Waals surface area contributed by atoms with Crippen LogP contribution < -0.4 is 5.32 Å². The molecule has 5 nitrogen and oxygen atoms in total. The van der Waals surface area contributed by atoms with Crippen LogP contribution in [0.4, 0.5) is 5.82 Å². The fourth-order valence-electron chi connectivity index (χ4n) is 1.71. The maximum atomic E-state index is 11.8. The molecule has 0 aliphatic rings. The summed E-state index contributed by atoms with van der Waals surface area (Å²) in [5, 5.41) is 11.5. The first-order valence-corrected chi connectivity index (χ1v) is 6.09. The molecule has 20 heavy (non-hydrogen) atoms. The normalized spacial score (nSPS) is 10.1. The lowest BCUT2D eigenvalue weighted by Crippen LogP contribution is -2.15. The Kier molecular flexibility index (Phi) is 4.10. The van der Waals surface area contributed by atoms with E-state index < -0.39 is 5.97 Å². The monoisotopic (exact) mass is 270 g/mol. The Balaban J connectivity index is 2.02. The van der Waals surface area contributed by atoms with Crippen molar-refractivity contribution in [1.29, 1.82) is 0 Å². The van der Waals surface area contributed by atoms with Crippen LogP contribution in [-0.2, 0) is 11.2 Å². The number of hydrogen-bond donors (Lipinski definition) is 2. The van der Waals surface area contributed by atoms with E-state index in [4.69, 9.17) is 5.11 Å². The number of anilines is 1. The number of amides is 1. The number of hydrogen-bond acceptors (Lipinski definition) is 3. The van der Waals surface area contributed by atoms with Crippen LogP contribution in [0, 0.1) is 6.92 Å². The molecule has 0 spiro atoms. The highest BCUT2D eigenvalue weighted by Gasteiger charge is 2.08. The van der Waals surface area contributed by atoms with Crippen molar-refractivity contribution in [3.05, 3.63) is 59.3 Å². The second-order valence-electron chi connectivity index (χ2n) is 4.45. The number of aromatic carboxylic acids is 1. The van der Waals surface area contributed by atoms with E-state index in [1.165, 1.54) is 18.3 Å². The molecule has 2 N–H and O–H groups in total. The van der Waals surface area contributed by atoms with E-state index in [1.54, 1.807) is 0 Å². The lowest BCUT2D eigenvalue weighted by molar-refractivity contribution is -0.115. The summed E-state index contributed by atoms with van der Waals surface area (Å²) in [6.07, 6.45) is 1.57. The maximum Gasteiger partial charge on any atom is 0.335 e. The van der Waals surface area contributed by atoms with Crippen LogP contribution in [0.2, 0.25) is 0 Å². The molecular formula is C15H14N2O3. The van der Waals surface area contributed by atoms with Crippen LogP contribution in [0.3, 0.4) is 0 Å². The topological polar surface area (TPSA) is 79.3 Å². The minimum absolute atomic E-state index is 0.0886. The molecule has 0 saturated carbocycles. The van der Waals surface area contributed by atoms with E-state index in [0.29, 0.717) is 0 Å². The molecular weight excluding hydrogens is 256 g/mol. The number of aromatic nitrogens is 1. The predicted octanol–water partition coefficient (Wildman–Crippen LogP) is 2.27. The molecule has 0 atom stereocenters. The minimum Gasteiger partial charge on any atom is -0.478 e. The lowest BCUT2D eigenvalue weighted by atomic mass is 10.1. The predicted molar refractivity (Wildman–Crippen MR) is 74.7 cm³/mol. The van der Waals surface area contributed by atoms with E-state index in [2.05, 4.69) is 10.3 Å². The maximum absolute atomic E-state index is 11.8. The van der Waals surface area contributed by atoms with Gasteiger partial charge in [-0.25, -0.2) is 9.78 Å². The third kappa shape index (κ3) is 3.65. The minimum atomic E-state index is -1.05. The van der Waals surface area contributed by atoms with Gasteiger partial charge in [0.1, 0.15) is 5.82 Å². The second kappa shape index (κ2) is 5.97. The number of nitrogens with one attached hydrogen (secondary N) is 1. The average Bonchev–Trinajstić information content (AvgIpc) is 2.41. The zero-order valence-electron chi connectivity index (χ0n) is 11.0. The van der Waals surface area contributed by atoms with Gasteiger partial charge in [-0.15, -0.1) is 0 Å². The fourth-order valence-corrected chi connectivity index (χ4v) is 1.71. The summed E-state index contributed by atoms with van der Waals surface area (Å²) in [6, 6.07) is 10.3. The molecule has 0 fully saturated rings. The molecule has 1 aromatic heterocycles. The number of rotatable bonds is 4. The molecule has 2 rings (SSSR count). The number of aryl methyl sites for hydroxylation is 1. The molecule has 0 bridgehead atoms. The van der Waals surface area contributed by atoms with Gasteiger partial charge in [0.15, 0.2) is 0 Å². The Bertz CT molecular complexity index is 636. The van der Waals surface area contributed by atoms with Crippen molar-refractivity contribution in [3.8, 4) is 0 Å². The summed E-state index contributed by atoms with van der Waals surface area (Å²) in [7, 11) is 0. The SMILES string of the molecule is Cc1ccc(CC(=O)Nc2cc(C(=O)O)ccn2)cc1. The largest absolute Gasteiger partial charge is 0.478 e. The zero-order chi connectivity index (χ0) is 14.5. The molecule has 1 amide bonds. The summed E-state index contributed by atoms with van der Waals surface area (Å²) < 4.78 is 0. The number of pyridine rings is 1. The van der Waals surface area contributed by atoms with Crippen molar-refractivity contribution >= 4 is 17.7 Å². The van der Waals surface area contributed by atoms with Gasteiger partial charge in [0.25, 0.3) is 0 Å². The first-order valence-electron chi connectivity index (χ1n) is 6.09. The van der Waals surface area contributed by atoms with Crippen molar-refractivity contribution in [2.45, 2.75) is 13.3 Å². The van der Waals surface area contributed by atoms with Crippen molar-refractivity contribution in [3.63, 3.8) is 0 Å². The highest BCUT2D eigenvalue weighted by molar-refractivity contribution is 5.93. The summed E-state index contributed by atoms with van der Waals surface area (Å²) in [5.41, 5.74) is 2.11. The van der Waals surface area contributed by atoms with Gasteiger partial charge in [-0.2, -0.15) is 0 Å². The van der Waals surface area contributed by atoms with Gasteiger partial charge in [-0.05, 0) is 24.6 Å². The molecule has 0 unspecified atom stereocenters. The molecule has 0 saturated heterocycles. The Morgan fingerprint density at radius 3 is 2.55 bits per heavy atom. The average molecular weight is 270 g/mol. The van der Waals surface area contributed by atoms with Crippen LogP contribution in [0.15, 0.2) is 42.6 Å². The number of carboxylic acid groups (broad SMARTS) is 1. The molecule has 0 aliphatic carbocycles. The third-order valence-electron chi connectivity index (χ3n) is 2.76. The molecule has 5 heteroatoms. The Hall–Kier alpha value is -2.69. The summed E-state index contributed by atoms with van der Waals surface area (Å²) in [5.74, 6) is -1.05. The highest BCUT2D eigenvalue weighted by atomic mass is 16.4. The molecule has 0 aliphatic heterocycles. The third-order valence-corrected chi connectivity index (χ3v) is 2.76. The van der Waals surface area contributed by atoms with Crippen LogP contribution in [0.1, 0.15) is 21.5 Å². The van der Waals surface area contributed by atoms with Gasteiger partial charge in [0.2, 0.25) is 5.91 Å². The van der Waals surface area contributed by atoms with Gasteiger partial charge in [0.05, 0.1) is 12.0 Å². The molecule has 102 valence electrons. The van der Waals surface area contributed by atoms with E-state index in [-0.39, 0.29) is 23.7 Å². The molecule has 1 aromatic carbocycles. The zero-order valence-corrected chi connectivity index (χ0v) is 11.0. The quantitative estimate of drug-likeness (QED) is 0.893. The number of benzene rings is 1. The number of carboxylic acids is 1. The summed E-state index contributed by atoms with van der Waals surface area (Å²) in [6.45, 7) is 1.98. The van der Waals surface area contributed by atoms with Gasteiger partial charge in [-0.1, -0.05) is 29.8 Å².